The Morgan fingerprint density at radius 2 is 1.26 bits per heavy atom. The van der Waals surface area contributed by atoms with Gasteiger partial charge in [-0.15, -0.1) is 0 Å². The van der Waals surface area contributed by atoms with Gasteiger partial charge in [0.2, 0.25) is 7.37 Å². The molecule has 0 bridgehead atoms. The van der Waals surface area contributed by atoms with Crippen molar-refractivity contribution < 1.29 is 19.0 Å². The summed E-state index contributed by atoms with van der Waals surface area (Å²) in [7, 11) is -3.65. The molecule has 1 heterocycles. The molecule has 3 saturated carbocycles. The van der Waals surface area contributed by atoms with Crippen LogP contribution in [0.15, 0.2) is 24.3 Å². The predicted octanol–water partition coefficient (Wildman–Crippen LogP) is 6.47. The second-order valence-corrected chi connectivity index (χ2v) is 13.8. The summed E-state index contributed by atoms with van der Waals surface area (Å²) in [6.07, 6.45) is 18.0. The molecule has 0 saturated heterocycles. The van der Waals surface area contributed by atoms with Gasteiger partial charge in [0.15, 0.2) is 0 Å². The summed E-state index contributed by atoms with van der Waals surface area (Å²) >= 11 is 0. The summed E-state index contributed by atoms with van der Waals surface area (Å²) in [5.74, 6) is -0.851. The molecule has 3 aliphatic carbocycles. The van der Waals surface area contributed by atoms with Crippen molar-refractivity contribution in [3.63, 3.8) is 0 Å². The minimum atomic E-state index is -3.65. The van der Waals surface area contributed by atoms with E-state index in [0.29, 0.717) is 24.0 Å². The molecule has 1 aromatic rings. The number of benzene rings is 1. The van der Waals surface area contributed by atoms with Crippen LogP contribution in [0.25, 0.3) is 0 Å². The highest BCUT2D eigenvalue weighted by Gasteiger charge is 2.57. The van der Waals surface area contributed by atoms with Gasteiger partial charge >= 0.3 is 0 Å². The number of amides is 2. The van der Waals surface area contributed by atoms with Gasteiger partial charge in [-0.25, -0.2) is 0 Å². The summed E-state index contributed by atoms with van der Waals surface area (Å²) in [6.45, 7) is 1.65. The highest BCUT2D eigenvalue weighted by Crippen LogP contribution is 2.63. The van der Waals surface area contributed by atoms with Crippen LogP contribution in [0.4, 0.5) is 0 Å². The van der Waals surface area contributed by atoms with Crippen LogP contribution in [-0.2, 0) is 4.57 Å². The number of hydrogen-bond acceptors (Lipinski definition) is 4. The summed E-state index contributed by atoms with van der Waals surface area (Å²) in [6, 6.07) is 8.38. The van der Waals surface area contributed by atoms with Gasteiger partial charge in [-0.05, 0) is 50.7 Å². The van der Waals surface area contributed by atoms with E-state index in [1.165, 1.54) is 64.2 Å². The van der Waals surface area contributed by atoms with E-state index >= 15 is 0 Å². The quantitative estimate of drug-likeness (QED) is 0.356. The maximum atomic E-state index is 12.9. The largest absolute Gasteiger partial charge is 0.343 e. The Bertz CT molecular complexity index is 880. The molecule has 1 atom stereocenters. The van der Waals surface area contributed by atoms with E-state index in [4.69, 9.17) is 0 Å². The van der Waals surface area contributed by atoms with Gasteiger partial charge in [-0.1, -0.05) is 76.8 Å². The third-order valence-electron chi connectivity index (χ3n) is 8.63. The zero-order chi connectivity index (χ0) is 24.9. The molecule has 5 rings (SSSR count). The molecule has 194 valence electrons. The molecule has 0 aromatic heterocycles. The average Bonchev–Trinajstić information content (AvgIpc) is 3.16. The number of rotatable bonds is 5. The van der Waals surface area contributed by atoms with Crippen LogP contribution in [-0.4, -0.2) is 45.1 Å². The SMILES string of the molecule is C1CCC(NC2CCCCC2)CC1.CCP(=O)(O)C1(N2C(=O)c3ccccc3C2=O)CCCCC1. The molecule has 1 aliphatic heterocycles. The zero-order valence-electron chi connectivity index (χ0n) is 21.3. The molecule has 6 nitrogen and oxygen atoms in total. The molecule has 1 aromatic carbocycles. The topological polar surface area (TPSA) is 86.7 Å². The smallest absolute Gasteiger partial charge is 0.262 e. The Kier molecular flexibility index (Phi) is 8.89. The molecule has 0 spiro atoms. The number of carbonyl (C=O) groups excluding carboxylic acids is 2. The third-order valence-corrected chi connectivity index (χ3v) is 11.4. The van der Waals surface area contributed by atoms with Gasteiger partial charge in [0.25, 0.3) is 11.8 Å². The van der Waals surface area contributed by atoms with Crippen molar-refractivity contribution in [3.8, 4) is 0 Å². The van der Waals surface area contributed by atoms with E-state index in [9.17, 15) is 19.0 Å². The van der Waals surface area contributed by atoms with Crippen molar-refractivity contribution in [3.05, 3.63) is 35.4 Å². The van der Waals surface area contributed by atoms with E-state index in [2.05, 4.69) is 5.32 Å². The normalized spacial score (nSPS) is 24.9. The van der Waals surface area contributed by atoms with Gasteiger partial charge in [0, 0.05) is 18.2 Å². The van der Waals surface area contributed by atoms with Crippen LogP contribution in [0.5, 0.6) is 0 Å². The Balaban J connectivity index is 0.000000189. The van der Waals surface area contributed by atoms with E-state index in [-0.39, 0.29) is 6.16 Å². The number of nitrogens with one attached hydrogen (secondary N) is 1. The molecule has 2 N–H and O–H groups in total. The van der Waals surface area contributed by atoms with Crippen LogP contribution in [0.3, 0.4) is 0 Å². The van der Waals surface area contributed by atoms with Crippen LogP contribution >= 0.6 is 7.37 Å². The highest BCUT2D eigenvalue weighted by molar-refractivity contribution is 7.59. The number of nitrogens with zero attached hydrogens (tertiary/aromatic N) is 1. The molecule has 35 heavy (non-hydrogen) atoms. The third kappa shape index (κ3) is 5.60. The van der Waals surface area contributed by atoms with Gasteiger partial charge < -0.3 is 10.2 Å². The van der Waals surface area contributed by atoms with Crippen molar-refractivity contribution in [2.75, 3.05) is 6.16 Å². The fraction of sp³-hybridized carbons (Fsp3) is 0.714. The first kappa shape index (κ1) is 26.6. The first-order valence-electron chi connectivity index (χ1n) is 14.0. The molecule has 4 aliphatic rings. The fourth-order valence-corrected chi connectivity index (χ4v) is 8.68. The second-order valence-electron chi connectivity index (χ2n) is 10.9. The lowest BCUT2D eigenvalue weighted by Crippen LogP contribution is -2.52. The van der Waals surface area contributed by atoms with Crippen molar-refractivity contribution in [1.29, 1.82) is 0 Å². The second kappa shape index (κ2) is 11.7. The molecule has 1 unspecified atom stereocenters. The Morgan fingerprint density at radius 1 is 0.829 bits per heavy atom. The summed E-state index contributed by atoms with van der Waals surface area (Å²) < 4.78 is 12.9. The number of imide groups is 1. The maximum absolute atomic E-state index is 12.9. The van der Waals surface area contributed by atoms with Crippen LogP contribution in [0, 0.1) is 0 Å². The van der Waals surface area contributed by atoms with Crippen molar-refractivity contribution in [2.45, 2.75) is 121 Å². The fourth-order valence-electron chi connectivity index (χ4n) is 6.58. The molecule has 7 heteroatoms. The van der Waals surface area contributed by atoms with Crippen molar-refractivity contribution in [1.82, 2.24) is 10.2 Å². The first-order chi connectivity index (χ1) is 16.9. The first-order valence-corrected chi connectivity index (χ1v) is 15.8. The maximum Gasteiger partial charge on any atom is 0.262 e. The Labute approximate surface area is 210 Å². The number of fused-ring (bicyclic) bond motifs is 1. The summed E-state index contributed by atoms with van der Waals surface area (Å²) in [5.41, 5.74) is 0.683. The lowest BCUT2D eigenvalue weighted by molar-refractivity contribution is 0.0466. The summed E-state index contributed by atoms with van der Waals surface area (Å²) in [4.78, 5) is 37.2. The van der Waals surface area contributed by atoms with Gasteiger partial charge in [-0.3, -0.25) is 19.1 Å². The monoisotopic (exact) mass is 502 g/mol. The van der Waals surface area contributed by atoms with Gasteiger partial charge in [-0.2, -0.15) is 0 Å². The minimum Gasteiger partial charge on any atom is -0.343 e. The summed E-state index contributed by atoms with van der Waals surface area (Å²) in [5, 5.41) is 2.63. The van der Waals surface area contributed by atoms with Gasteiger partial charge in [0.05, 0.1) is 11.1 Å². The number of hydrogen-bond donors (Lipinski definition) is 2. The molecule has 3 fully saturated rings. The van der Waals surface area contributed by atoms with Crippen LogP contribution < -0.4 is 5.32 Å². The van der Waals surface area contributed by atoms with Crippen molar-refractivity contribution >= 4 is 19.2 Å². The molecular weight excluding hydrogens is 459 g/mol. The molecule has 0 radical (unpaired) electrons. The molecule has 2 amide bonds. The van der Waals surface area contributed by atoms with E-state index in [1.54, 1.807) is 31.2 Å². The van der Waals surface area contributed by atoms with E-state index < -0.39 is 24.5 Å². The minimum absolute atomic E-state index is 0.0698. The molecular formula is C28H43N2O4P. The van der Waals surface area contributed by atoms with E-state index in [1.807, 2.05) is 0 Å². The Morgan fingerprint density at radius 3 is 1.69 bits per heavy atom. The average molecular weight is 503 g/mol. The zero-order valence-corrected chi connectivity index (χ0v) is 22.2. The lowest BCUT2D eigenvalue weighted by Gasteiger charge is -2.45. The standard InChI is InChI=1S/C16H20NO4P.C12H23N/c1-2-22(20,21)16(10-6-3-7-11-16)17-14(18)12-8-4-5-9-13(12)15(17)19;1-3-7-11(8-4-1)13-12-9-5-2-6-10-12/h4-5,8-9H,2-3,6-7,10-11H2,1H3,(H,20,21);11-13H,1-10H2. The number of carbonyl (C=O) groups is 2. The Hall–Kier alpha value is -1.49. The lowest BCUT2D eigenvalue weighted by atomic mass is 9.91. The van der Waals surface area contributed by atoms with Gasteiger partial charge in [0.1, 0.15) is 5.28 Å². The highest BCUT2D eigenvalue weighted by atomic mass is 31.2. The predicted molar refractivity (Wildman–Crippen MR) is 140 cm³/mol. The van der Waals surface area contributed by atoms with Crippen LogP contribution in [0.2, 0.25) is 0 Å². The van der Waals surface area contributed by atoms with Crippen LogP contribution in [0.1, 0.15) is 124 Å². The van der Waals surface area contributed by atoms with Crippen molar-refractivity contribution in [2.24, 2.45) is 0 Å². The van der Waals surface area contributed by atoms with E-state index in [0.717, 1.165) is 36.2 Å².